The number of ether oxygens (including phenoxy) is 3. The molecule has 0 aliphatic rings. The molecule has 0 heterocycles. The van der Waals surface area contributed by atoms with Gasteiger partial charge in [-0.25, -0.2) is 0 Å². The van der Waals surface area contributed by atoms with E-state index in [4.69, 9.17) is 14.2 Å². The molecule has 0 unspecified atom stereocenters. The van der Waals surface area contributed by atoms with Crippen LogP contribution in [0.5, 0.6) is 17.2 Å². The first-order valence-corrected chi connectivity index (χ1v) is 7.43. The van der Waals surface area contributed by atoms with Crippen LogP contribution in [0.2, 0.25) is 0 Å². The van der Waals surface area contributed by atoms with E-state index in [9.17, 15) is 4.79 Å². The lowest BCUT2D eigenvalue weighted by atomic mass is 10.1. The van der Waals surface area contributed by atoms with Crippen LogP contribution in [0.4, 0.5) is 5.69 Å². The molecule has 5 nitrogen and oxygen atoms in total. The van der Waals surface area contributed by atoms with Gasteiger partial charge in [0.1, 0.15) is 0 Å². The highest BCUT2D eigenvalue weighted by molar-refractivity contribution is 6.05. The smallest absolute Gasteiger partial charge is 0.203 e. The Balaban J connectivity index is 2.18. The van der Waals surface area contributed by atoms with Crippen molar-refractivity contribution in [1.82, 2.24) is 0 Å². The number of rotatable bonds is 7. The second-order valence-corrected chi connectivity index (χ2v) is 5.13. The van der Waals surface area contributed by atoms with Crippen LogP contribution in [-0.2, 0) is 0 Å². The van der Waals surface area contributed by atoms with E-state index in [0.29, 0.717) is 22.8 Å². The van der Waals surface area contributed by atoms with Gasteiger partial charge in [0.2, 0.25) is 5.75 Å². The van der Waals surface area contributed by atoms with E-state index in [1.165, 1.54) is 27.4 Å². The van der Waals surface area contributed by atoms with Gasteiger partial charge in [-0.1, -0.05) is 12.1 Å². The molecule has 126 valence electrons. The summed E-state index contributed by atoms with van der Waals surface area (Å²) in [5.41, 5.74) is 2.51. The largest absolute Gasteiger partial charge is 0.493 e. The molecule has 0 bridgehead atoms. The Kier molecular flexibility index (Phi) is 5.84. The lowest BCUT2D eigenvalue weighted by Gasteiger charge is -2.13. The fourth-order valence-electron chi connectivity index (χ4n) is 2.27. The molecule has 1 N–H and O–H groups in total. The van der Waals surface area contributed by atoms with Crippen LogP contribution in [-0.4, -0.2) is 27.1 Å². The molecule has 0 aromatic heterocycles. The number of nitrogens with one attached hydrogen (secondary N) is 1. The molecule has 2 rings (SSSR count). The maximum atomic E-state index is 12.4. The SMILES string of the molecule is COc1cc(C(=O)/C=C/Nc2cccc(C)c2)cc(OC)c1OC. The zero-order chi connectivity index (χ0) is 17.5. The summed E-state index contributed by atoms with van der Waals surface area (Å²) in [6.07, 6.45) is 3.07. The van der Waals surface area contributed by atoms with Gasteiger partial charge in [0.15, 0.2) is 17.3 Å². The Morgan fingerprint density at radius 2 is 1.67 bits per heavy atom. The highest BCUT2D eigenvalue weighted by atomic mass is 16.5. The molecule has 0 fully saturated rings. The van der Waals surface area contributed by atoms with Gasteiger partial charge in [-0.15, -0.1) is 0 Å². The Labute approximate surface area is 141 Å². The summed E-state index contributed by atoms with van der Waals surface area (Å²) in [7, 11) is 4.55. The first kappa shape index (κ1) is 17.4. The van der Waals surface area contributed by atoms with Gasteiger partial charge in [-0.2, -0.15) is 0 Å². The molecule has 0 aliphatic carbocycles. The predicted octanol–water partition coefficient (Wildman–Crippen LogP) is 3.83. The zero-order valence-corrected chi connectivity index (χ0v) is 14.3. The number of hydrogen-bond donors (Lipinski definition) is 1. The van der Waals surface area contributed by atoms with Crippen molar-refractivity contribution in [3.63, 3.8) is 0 Å². The quantitative estimate of drug-likeness (QED) is 0.619. The van der Waals surface area contributed by atoms with Gasteiger partial charge in [0, 0.05) is 23.5 Å². The first-order valence-electron chi connectivity index (χ1n) is 7.43. The Bertz CT molecular complexity index is 728. The van der Waals surface area contributed by atoms with E-state index in [1.807, 2.05) is 31.2 Å². The molecule has 0 aliphatic heterocycles. The number of anilines is 1. The van der Waals surface area contributed by atoms with Crippen molar-refractivity contribution in [1.29, 1.82) is 0 Å². The summed E-state index contributed by atoms with van der Waals surface area (Å²) >= 11 is 0. The van der Waals surface area contributed by atoms with Crippen LogP contribution >= 0.6 is 0 Å². The standard InChI is InChI=1S/C19H21NO4/c1-13-6-5-7-15(10-13)20-9-8-16(21)14-11-17(22-2)19(24-4)18(12-14)23-3/h5-12,20H,1-4H3/b9-8+. The van der Waals surface area contributed by atoms with Gasteiger partial charge in [-0.05, 0) is 36.8 Å². The summed E-state index contributed by atoms with van der Waals surface area (Å²) in [5, 5.41) is 3.08. The second-order valence-electron chi connectivity index (χ2n) is 5.13. The van der Waals surface area contributed by atoms with Gasteiger partial charge in [0.05, 0.1) is 21.3 Å². The van der Waals surface area contributed by atoms with E-state index in [-0.39, 0.29) is 5.78 Å². The van der Waals surface area contributed by atoms with Crippen molar-refractivity contribution in [3.05, 3.63) is 59.8 Å². The van der Waals surface area contributed by atoms with E-state index in [0.717, 1.165) is 11.3 Å². The lowest BCUT2D eigenvalue weighted by molar-refractivity contribution is 0.104. The Morgan fingerprint density at radius 1 is 1.00 bits per heavy atom. The maximum Gasteiger partial charge on any atom is 0.203 e. The number of carbonyl (C=O) groups is 1. The molecule has 2 aromatic rings. The number of methoxy groups -OCH3 is 3. The molecule has 0 radical (unpaired) electrons. The first-order chi connectivity index (χ1) is 11.6. The number of benzene rings is 2. The maximum absolute atomic E-state index is 12.4. The Hall–Kier alpha value is -2.95. The molecule has 0 spiro atoms. The molecule has 0 atom stereocenters. The zero-order valence-electron chi connectivity index (χ0n) is 14.3. The van der Waals surface area contributed by atoms with E-state index in [1.54, 1.807) is 18.3 Å². The number of ketones is 1. The summed E-state index contributed by atoms with van der Waals surface area (Å²) < 4.78 is 15.8. The van der Waals surface area contributed by atoms with E-state index >= 15 is 0 Å². The predicted molar refractivity (Wildman–Crippen MR) is 94.4 cm³/mol. The molecule has 0 saturated carbocycles. The monoisotopic (exact) mass is 327 g/mol. The summed E-state index contributed by atoms with van der Waals surface area (Å²) in [4.78, 5) is 12.4. The lowest BCUT2D eigenvalue weighted by Crippen LogP contribution is -2.01. The fourth-order valence-corrected chi connectivity index (χ4v) is 2.27. The Morgan fingerprint density at radius 3 is 2.21 bits per heavy atom. The summed E-state index contributed by atoms with van der Waals surface area (Å²) in [5.74, 6) is 1.17. The minimum atomic E-state index is -0.172. The average Bonchev–Trinajstić information content (AvgIpc) is 2.60. The van der Waals surface area contributed by atoms with Crippen molar-refractivity contribution in [2.24, 2.45) is 0 Å². The van der Waals surface area contributed by atoms with Crippen molar-refractivity contribution in [2.45, 2.75) is 6.92 Å². The molecule has 5 heteroatoms. The van der Waals surface area contributed by atoms with Crippen LogP contribution in [0, 0.1) is 6.92 Å². The molecule has 0 amide bonds. The van der Waals surface area contributed by atoms with Crippen LogP contribution < -0.4 is 19.5 Å². The topological polar surface area (TPSA) is 56.8 Å². The van der Waals surface area contributed by atoms with Gasteiger partial charge < -0.3 is 19.5 Å². The fraction of sp³-hybridized carbons (Fsp3) is 0.211. The minimum absolute atomic E-state index is 0.172. The van der Waals surface area contributed by atoms with E-state index < -0.39 is 0 Å². The van der Waals surface area contributed by atoms with Gasteiger partial charge >= 0.3 is 0 Å². The molecular weight excluding hydrogens is 306 g/mol. The third-order valence-corrected chi connectivity index (χ3v) is 3.45. The highest BCUT2D eigenvalue weighted by Gasteiger charge is 2.15. The second kappa shape index (κ2) is 8.06. The third-order valence-electron chi connectivity index (χ3n) is 3.45. The van der Waals surface area contributed by atoms with Crippen LogP contribution in [0.15, 0.2) is 48.7 Å². The number of allylic oxidation sites excluding steroid dienone is 1. The van der Waals surface area contributed by atoms with Gasteiger partial charge in [0.25, 0.3) is 0 Å². The van der Waals surface area contributed by atoms with Crippen molar-refractivity contribution >= 4 is 11.5 Å². The summed E-state index contributed by atoms with van der Waals surface area (Å²) in [6, 6.07) is 11.1. The molecule has 2 aromatic carbocycles. The number of carbonyl (C=O) groups excluding carboxylic acids is 1. The summed E-state index contributed by atoms with van der Waals surface area (Å²) in [6.45, 7) is 2.01. The highest BCUT2D eigenvalue weighted by Crippen LogP contribution is 2.38. The molecule has 24 heavy (non-hydrogen) atoms. The van der Waals surface area contributed by atoms with E-state index in [2.05, 4.69) is 5.32 Å². The average molecular weight is 327 g/mol. The van der Waals surface area contributed by atoms with Crippen LogP contribution in [0.1, 0.15) is 15.9 Å². The molecular formula is C19H21NO4. The van der Waals surface area contributed by atoms with Crippen molar-refractivity contribution in [3.8, 4) is 17.2 Å². The van der Waals surface area contributed by atoms with Crippen molar-refractivity contribution < 1.29 is 19.0 Å². The third kappa shape index (κ3) is 4.07. The molecule has 0 saturated heterocycles. The van der Waals surface area contributed by atoms with Crippen molar-refractivity contribution in [2.75, 3.05) is 26.6 Å². The minimum Gasteiger partial charge on any atom is -0.493 e. The van der Waals surface area contributed by atoms with Crippen LogP contribution in [0.3, 0.4) is 0 Å². The van der Waals surface area contributed by atoms with Gasteiger partial charge in [-0.3, -0.25) is 4.79 Å². The number of hydrogen-bond acceptors (Lipinski definition) is 5. The normalized spacial score (nSPS) is 10.5. The number of aryl methyl sites for hydroxylation is 1. The van der Waals surface area contributed by atoms with Crippen LogP contribution in [0.25, 0.3) is 0 Å².